The Labute approximate surface area is 164 Å². The Bertz CT molecular complexity index is 749. The van der Waals surface area contributed by atoms with Gasteiger partial charge in [0.2, 0.25) is 5.91 Å². The quantitative estimate of drug-likeness (QED) is 0.663. The third kappa shape index (κ3) is 5.32. The van der Waals surface area contributed by atoms with E-state index >= 15 is 0 Å². The summed E-state index contributed by atoms with van der Waals surface area (Å²) >= 11 is 1.67. The molecule has 1 aliphatic rings. The van der Waals surface area contributed by atoms with Crippen molar-refractivity contribution in [3.05, 3.63) is 18.2 Å². The number of rotatable bonds is 9. The van der Waals surface area contributed by atoms with Crippen LogP contribution in [0.3, 0.4) is 0 Å². The van der Waals surface area contributed by atoms with Crippen LogP contribution in [0.25, 0.3) is 10.2 Å². The minimum Gasteiger partial charge on any atom is -0.494 e. The Hall–Kier alpha value is -1.86. The average Bonchev–Trinajstić information content (AvgIpc) is 3.11. The second-order valence-corrected chi connectivity index (χ2v) is 7.69. The van der Waals surface area contributed by atoms with Crippen LogP contribution in [0.5, 0.6) is 5.75 Å². The van der Waals surface area contributed by atoms with Gasteiger partial charge in [0.15, 0.2) is 5.13 Å². The highest BCUT2D eigenvalue weighted by Crippen LogP contribution is 2.33. The first-order valence-electron chi connectivity index (χ1n) is 9.85. The summed E-state index contributed by atoms with van der Waals surface area (Å²) in [6.07, 6.45) is 2.81. The summed E-state index contributed by atoms with van der Waals surface area (Å²) in [7, 11) is 0. The zero-order valence-electron chi connectivity index (χ0n) is 16.2. The average molecular weight is 392 g/mol. The molecule has 3 rings (SSSR count). The number of carbonyl (C=O) groups excluding carboxylic acids is 1. The number of hydrogen-bond donors (Lipinski definition) is 1. The summed E-state index contributed by atoms with van der Waals surface area (Å²) in [5, 5.41) is 4.05. The molecule has 1 aromatic carbocycles. The van der Waals surface area contributed by atoms with Gasteiger partial charge in [-0.1, -0.05) is 11.3 Å². The Morgan fingerprint density at radius 2 is 2.26 bits per heavy atom. The van der Waals surface area contributed by atoms with Crippen LogP contribution in [0, 0.1) is 5.92 Å². The molecule has 1 saturated heterocycles. The molecule has 0 bridgehead atoms. The molecule has 1 fully saturated rings. The monoisotopic (exact) mass is 391 g/mol. The van der Waals surface area contributed by atoms with Gasteiger partial charge in [-0.15, -0.1) is 0 Å². The van der Waals surface area contributed by atoms with E-state index in [4.69, 9.17) is 14.5 Å². The Morgan fingerprint density at radius 1 is 1.37 bits per heavy atom. The van der Waals surface area contributed by atoms with Crippen molar-refractivity contribution in [1.82, 2.24) is 10.3 Å². The maximum atomic E-state index is 12.5. The number of thiazole rings is 1. The molecule has 6 nitrogen and oxygen atoms in total. The maximum absolute atomic E-state index is 12.5. The van der Waals surface area contributed by atoms with Crippen molar-refractivity contribution < 1.29 is 14.3 Å². The number of anilines is 1. The van der Waals surface area contributed by atoms with Crippen molar-refractivity contribution in [1.29, 1.82) is 0 Å². The van der Waals surface area contributed by atoms with Crippen molar-refractivity contribution in [3.8, 4) is 5.75 Å². The van der Waals surface area contributed by atoms with Crippen molar-refractivity contribution in [2.75, 3.05) is 44.4 Å². The van der Waals surface area contributed by atoms with E-state index in [1.165, 1.54) is 0 Å². The van der Waals surface area contributed by atoms with Crippen molar-refractivity contribution in [2.24, 2.45) is 5.92 Å². The first kappa shape index (κ1) is 19.9. The van der Waals surface area contributed by atoms with Gasteiger partial charge in [-0.25, -0.2) is 4.98 Å². The maximum Gasteiger partial charge on any atom is 0.224 e. The summed E-state index contributed by atoms with van der Waals surface area (Å²) in [6.45, 7) is 8.40. The van der Waals surface area contributed by atoms with Gasteiger partial charge in [0.05, 0.1) is 22.7 Å². The minimum absolute atomic E-state index is 0.0249. The van der Waals surface area contributed by atoms with Gasteiger partial charge in [0.1, 0.15) is 5.75 Å². The van der Waals surface area contributed by atoms with Crippen LogP contribution in [-0.2, 0) is 9.53 Å². The van der Waals surface area contributed by atoms with Crippen molar-refractivity contribution >= 4 is 32.6 Å². The fourth-order valence-electron chi connectivity index (χ4n) is 3.32. The highest BCUT2D eigenvalue weighted by Gasteiger charge is 2.27. The van der Waals surface area contributed by atoms with Crippen molar-refractivity contribution in [3.63, 3.8) is 0 Å². The van der Waals surface area contributed by atoms with Gasteiger partial charge in [-0.3, -0.25) is 4.79 Å². The highest BCUT2D eigenvalue weighted by molar-refractivity contribution is 7.22. The van der Waals surface area contributed by atoms with Gasteiger partial charge in [-0.05, 0) is 51.3 Å². The van der Waals surface area contributed by atoms with Crippen LogP contribution >= 0.6 is 11.3 Å². The number of amides is 1. The predicted octanol–water partition coefficient (Wildman–Crippen LogP) is 3.45. The molecule has 0 saturated carbocycles. The van der Waals surface area contributed by atoms with Gasteiger partial charge in [0, 0.05) is 32.8 Å². The molecule has 0 aliphatic carbocycles. The molecule has 7 heteroatoms. The molecule has 2 aromatic rings. The lowest BCUT2D eigenvalue weighted by Gasteiger charge is -2.31. The predicted molar refractivity (Wildman–Crippen MR) is 110 cm³/mol. The molecule has 1 aliphatic heterocycles. The van der Waals surface area contributed by atoms with E-state index in [9.17, 15) is 4.79 Å². The van der Waals surface area contributed by atoms with Gasteiger partial charge in [-0.2, -0.15) is 0 Å². The van der Waals surface area contributed by atoms with E-state index in [0.29, 0.717) is 19.8 Å². The third-order valence-corrected chi connectivity index (χ3v) is 5.77. The summed E-state index contributed by atoms with van der Waals surface area (Å²) in [5.74, 6) is 1.05. The standard InChI is InChI=1S/C20H29N3O3S/c1-3-25-12-6-10-21-19(24)15-7-5-11-23(14-15)20-22-17-9-8-16(26-4-2)13-18(17)27-20/h8-9,13,15H,3-7,10-12,14H2,1-2H3,(H,21,24). The summed E-state index contributed by atoms with van der Waals surface area (Å²) in [6, 6.07) is 6.02. The molecule has 1 amide bonds. The van der Waals surface area contributed by atoms with Gasteiger partial charge >= 0.3 is 0 Å². The zero-order valence-corrected chi connectivity index (χ0v) is 17.0. The molecule has 1 aromatic heterocycles. The number of nitrogens with one attached hydrogen (secondary N) is 1. The van der Waals surface area contributed by atoms with Crippen LogP contribution in [-0.4, -0.2) is 50.3 Å². The lowest BCUT2D eigenvalue weighted by atomic mass is 9.97. The van der Waals surface area contributed by atoms with Crippen LogP contribution in [0.4, 0.5) is 5.13 Å². The van der Waals surface area contributed by atoms with Crippen LogP contribution in [0.2, 0.25) is 0 Å². The molecule has 0 spiro atoms. The van der Waals surface area contributed by atoms with Crippen LogP contribution < -0.4 is 15.0 Å². The number of benzene rings is 1. The fraction of sp³-hybridized carbons (Fsp3) is 0.600. The number of piperidine rings is 1. The number of nitrogens with zero attached hydrogens (tertiary/aromatic N) is 2. The van der Waals surface area contributed by atoms with E-state index in [0.717, 1.165) is 60.1 Å². The molecule has 2 heterocycles. The molecule has 0 radical (unpaired) electrons. The smallest absolute Gasteiger partial charge is 0.224 e. The second kappa shape index (κ2) is 9.90. The SMILES string of the molecule is CCOCCCNC(=O)C1CCCN(c2nc3ccc(OCC)cc3s2)C1. The molecule has 1 N–H and O–H groups in total. The van der Waals surface area contributed by atoms with Gasteiger partial charge < -0.3 is 19.7 Å². The lowest BCUT2D eigenvalue weighted by Crippen LogP contribution is -2.43. The first-order valence-corrected chi connectivity index (χ1v) is 10.7. The fourth-order valence-corrected chi connectivity index (χ4v) is 4.35. The molecule has 27 heavy (non-hydrogen) atoms. The van der Waals surface area contributed by atoms with E-state index in [-0.39, 0.29) is 11.8 Å². The van der Waals surface area contributed by atoms with Gasteiger partial charge in [0.25, 0.3) is 0 Å². The molecule has 148 valence electrons. The zero-order chi connectivity index (χ0) is 19.1. The van der Waals surface area contributed by atoms with E-state index in [1.54, 1.807) is 11.3 Å². The van der Waals surface area contributed by atoms with Crippen molar-refractivity contribution in [2.45, 2.75) is 33.1 Å². The molecule has 1 atom stereocenters. The lowest BCUT2D eigenvalue weighted by molar-refractivity contribution is -0.125. The molecule has 1 unspecified atom stereocenters. The number of ether oxygens (including phenoxy) is 2. The largest absolute Gasteiger partial charge is 0.494 e. The van der Waals surface area contributed by atoms with E-state index in [1.807, 2.05) is 32.0 Å². The number of fused-ring (bicyclic) bond motifs is 1. The number of aromatic nitrogens is 1. The third-order valence-electron chi connectivity index (χ3n) is 4.69. The summed E-state index contributed by atoms with van der Waals surface area (Å²) in [5.41, 5.74) is 0.987. The summed E-state index contributed by atoms with van der Waals surface area (Å²) < 4.78 is 12.0. The number of carbonyl (C=O) groups is 1. The topological polar surface area (TPSA) is 63.7 Å². The first-order chi connectivity index (χ1) is 13.2. The second-order valence-electron chi connectivity index (χ2n) is 6.69. The Morgan fingerprint density at radius 3 is 3.07 bits per heavy atom. The van der Waals surface area contributed by atoms with E-state index < -0.39 is 0 Å². The Kier molecular flexibility index (Phi) is 7.29. The van der Waals surface area contributed by atoms with E-state index in [2.05, 4.69) is 10.2 Å². The Balaban J connectivity index is 1.58. The molecular formula is C20H29N3O3S. The number of hydrogen-bond acceptors (Lipinski definition) is 6. The normalized spacial score (nSPS) is 17.3. The van der Waals surface area contributed by atoms with Crippen LogP contribution in [0.1, 0.15) is 33.1 Å². The minimum atomic E-state index is 0.0249. The van der Waals surface area contributed by atoms with Crippen LogP contribution in [0.15, 0.2) is 18.2 Å². The highest BCUT2D eigenvalue weighted by atomic mass is 32.1. The summed E-state index contributed by atoms with van der Waals surface area (Å²) in [4.78, 5) is 19.5. The molecular weight excluding hydrogens is 362 g/mol.